The van der Waals surface area contributed by atoms with Gasteiger partial charge in [0.2, 0.25) is 5.91 Å². The van der Waals surface area contributed by atoms with Crippen LogP contribution in [0.5, 0.6) is 5.75 Å². The Bertz CT molecular complexity index is 781. The minimum Gasteiger partial charge on any atom is -0.489 e. The third-order valence-corrected chi connectivity index (χ3v) is 5.22. The van der Waals surface area contributed by atoms with Gasteiger partial charge in [-0.1, -0.05) is 19.1 Å². The number of carbonyl (C=O) groups is 1. The van der Waals surface area contributed by atoms with Gasteiger partial charge < -0.3 is 20.3 Å². The van der Waals surface area contributed by atoms with Gasteiger partial charge in [-0.2, -0.15) is 0 Å². The molecule has 0 aromatic heterocycles. The molecule has 1 aliphatic heterocycles. The normalized spacial score (nSPS) is 14.7. The predicted molar refractivity (Wildman–Crippen MR) is 121 cm³/mol. The highest BCUT2D eigenvalue weighted by Crippen LogP contribution is 2.25. The minimum absolute atomic E-state index is 0.000642. The zero-order valence-corrected chi connectivity index (χ0v) is 17.8. The lowest BCUT2D eigenvalue weighted by Crippen LogP contribution is -2.32. The van der Waals surface area contributed by atoms with Gasteiger partial charge in [-0.15, -0.1) is 0 Å². The number of ether oxygens (including phenoxy) is 1. The number of amides is 1. The number of piperidine rings is 1. The molecule has 0 aliphatic carbocycles. The Balaban J connectivity index is 1.45. The standard InChI is InChI=1S/C24H33N3O2/c1-18(2)29-23-7-5-4-6-22(23)25-15-12-24(28)26-20-8-10-21(11-9-20)27-16-13-19(3)14-17-27/h4-11,18-19,25H,12-17H2,1-3H3,(H,26,28). The largest absolute Gasteiger partial charge is 0.489 e. The Hall–Kier alpha value is -2.69. The average molecular weight is 396 g/mol. The first-order chi connectivity index (χ1) is 14.0. The number of hydrogen-bond donors (Lipinski definition) is 2. The van der Waals surface area contributed by atoms with E-state index in [9.17, 15) is 4.79 Å². The van der Waals surface area contributed by atoms with Crippen LogP contribution in [0, 0.1) is 5.92 Å². The van der Waals surface area contributed by atoms with E-state index in [2.05, 4.69) is 34.6 Å². The molecule has 1 fully saturated rings. The summed E-state index contributed by atoms with van der Waals surface area (Å²) in [6, 6.07) is 16.0. The first kappa shape index (κ1) is 21.0. The Morgan fingerprint density at radius 1 is 1.10 bits per heavy atom. The maximum absolute atomic E-state index is 12.3. The van der Waals surface area contributed by atoms with Crippen LogP contribution in [-0.4, -0.2) is 31.6 Å². The van der Waals surface area contributed by atoms with Gasteiger partial charge in [0.15, 0.2) is 0 Å². The Labute approximate surface area is 174 Å². The zero-order valence-electron chi connectivity index (χ0n) is 17.8. The second kappa shape index (κ2) is 10.2. The number of rotatable bonds is 8. The van der Waals surface area contributed by atoms with Crippen molar-refractivity contribution in [3.8, 4) is 5.75 Å². The van der Waals surface area contributed by atoms with Crippen molar-refractivity contribution in [3.05, 3.63) is 48.5 Å². The van der Waals surface area contributed by atoms with E-state index in [0.717, 1.165) is 36.1 Å². The molecule has 5 heteroatoms. The monoisotopic (exact) mass is 395 g/mol. The molecule has 1 aliphatic rings. The fraction of sp³-hybridized carbons (Fsp3) is 0.458. The van der Waals surface area contributed by atoms with Gasteiger partial charge >= 0.3 is 0 Å². The lowest BCUT2D eigenvalue weighted by molar-refractivity contribution is -0.115. The van der Waals surface area contributed by atoms with Gasteiger partial charge in [0.25, 0.3) is 0 Å². The van der Waals surface area contributed by atoms with Gasteiger partial charge in [-0.05, 0) is 69.0 Å². The van der Waals surface area contributed by atoms with E-state index in [4.69, 9.17) is 4.74 Å². The molecule has 3 rings (SSSR count). The van der Waals surface area contributed by atoms with Crippen molar-refractivity contribution in [3.63, 3.8) is 0 Å². The summed E-state index contributed by atoms with van der Waals surface area (Å²) in [5.74, 6) is 1.63. The lowest BCUT2D eigenvalue weighted by atomic mass is 9.99. The maximum atomic E-state index is 12.3. The summed E-state index contributed by atoms with van der Waals surface area (Å²) in [5, 5.41) is 6.28. The van der Waals surface area contributed by atoms with Crippen LogP contribution < -0.4 is 20.3 Å². The molecule has 0 bridgehead atoms. The fourth-order valence-corrected chi connectivity index (χ4v) is 3.53. The van der Waals surface area contributed by atoms with Crippen LogP contribution >= 0.6 is 0 Å². The molecule has 29 heavy (non-hydrogen) atoms. The average Bonchev–Trinajstić information content (AvgIpc) is 2.70. The highest BCUT2D eigenvalue weighted by Gasteiger charge is 2.16. The SMILES string of the molecule is CC1CCN(c2ccc(NC(=O)CCNc3ccccc3OC(C)C)cc2)CC1. The summed E-state index contributed by atoms with van der Waals surface area (Å²) >= 11 is 0. The quantitative estimate of drug-likeness (QED) is 0.649. The zero-order chi connectivity index (χ0) is 20.6. The molecule has 2 aromatic carbocycles. The molecule has 1 heterocycles. The van der Waals surface area contributed by atoms with E-state index < -0.39 is 0 Å². The number of anilines is 3. The van der Waals surface area contributed by atoms with E-state index >= 15 is 0 Å². The van der Waals surface area contributed by atoms with Crippen LogP contribution in [0.25, 0.3) is 0 Å². The molecule has 156 valence electrons. The number of nitrogens with one attached hydrogen (secondary N) is 2. The predicted octanol–water partition coefficient (Wildman–Crippen LogP) is 5.15. The van der Waals surface area contributed by atoms with E-state index in [1.807, 2.05) is 50.2 Å². The third kappa shape index (κ3) is 6.41. The molecule has 1 amide bonds. The van der Waals surface area contributed by atoms with Crippen molar-refractivity contribution in [2.45, 2.75) is 46.1 Å². The van der Waals surface area contributed by atoms with Crippen LogP contribution in [0.15, 0.2) is 48.5 Å². The Kier molecular flexibility index (Phi) is 7.39. The molecular formula is C24H33N3O2. The summed E-state index contributed by atoms with van der Waals surface area (Å²) in [6.07, 6.45) is 2.99. The second-order valence-corrected chi connectivity index (χ2v) is 8.10. The van der Waals surface area contributed by atoms with E-state index in [1.165, 1.54) is 18.5 Å². The van der Waals surface area contributed by atoms with Crippen LogP contribution in [0.2, 0.25) is 0 Å². The van der Waals surface area contributed by atoms with Crippen molar-refractivity contribution < 1.29 is 9.53 Å². The maximum Gasteiger partial charge on any atom is 0.226 e. The molecule has 2 aromatic rings. The van der Waals surface area contributed by atoms with E-state index in [0.29, 0.717) is 13.0 Å². The van der Waals surface area contributed by atoms with E-state index in [-0.39, 0.29) is 12.0 Å². The Morgan fingerprint density at radius 2 is 1.79 bits per heavy atom. The molecule has 0 atom stereocenters. The molecule has 2 N–H and O–H groups in total. The van der Waals surface area contributed by atoms with Crippen LogP contribution in [0.4, 0.5) is 17.1 Å². The first-order valence-electron chi connectivity index (χ1n) is 10.7. The van der Waals surface area contributed by atoms with Gasteiger partial charge in [0, 0.05) is 37.4 Å². The minimum atomic E-state index is -0.000642. The van der Waals surface area contributed by atoms with Crippen LogP contribution in [0.3, 0.4) is 0 Å². The fourth-order valence-electron chi connectivity index (χ4n) is 3.53. The number of hydrogen-bond acceptors (Lipinski definition) is 4. The van der Waals surface area contributed by atoms with Crippen molar-refractivity contribution in [1.29, 1.82) is 0 Å². The van der Waals surface area contributed by atoms with Crippen LogP contribution in [-0.2, 0) is 4.79 Å². The number of nitrogens with zero attached hydrogens (tertiary/aromatic N) is 1. The molecule has 0 radical (unpaired) electrons. The molecule has 5 nitrogen and oxygen atoms in total. The van der Waals surface area contributed by atoms with Gasteiger partial charge in [0.1, 0.15) is 5.75 Å². The molecular weight excluding hydrogens is 362 g/mol. The summed E-state index contributed by atoms with van der Waals surface area (Å²) in [6.45, 7) is 9.10. The van der Waals surface area contributed by atoms with E-state index in [1.54, 1.807) is 0 Å². The lowest BCUT2D eigenvalue weighted by Gasteiger charge is -2.32. The van der Waals surface area contributed by atoms with Crippen molar-refractivity contribution in [2.24, 2.45) is 5.92 Å². The molecule has 1 saturated heterocycles. The van der Waals surface area contributed by atoms with Gasteiger partial charge in [0.05, 0.1) is 11.8 Å². The Morgan fingerprint density at radius 3 is 2.48 bits per heavy atom. The van der Waals surface area contributed by atoms with Crippen molar-refractivity contribution in [1.82, 2.24) is 0 Å². The van der Waals surface area contributed by atoms with Crippen molar-refractivity contribution >= 4 is 23.0 Å². The molecule has 0 saturated carbocycles. The number of carbonyl (C=O) groups excluding carboxylic acids is 1. The summed E-state index contributed by atoms with van der Waals surface area (Å²) in [7, 11) is 0. The van der Waals surface area contributed by atoms with Gasteiger partial charge in [-0.3, -0.25) is 4.79 Å². The molecule has 0 unspecified atom stereocenters. The third-order valence-electron chi connectivity index (χ3n) is 5.22. The highest BCUT2D eigenvalue weighted by molar-refractivity contribution is 5.91. The summed E-state index contributed by atoms with van der Waals surface area (Å²) < 4.78 is 5.80. The smallest absolute Gasteiger partial charge is 0.226 e. The first-order valence-corrected chi connectivity index (χ1v) is 10.7. The highest BCUT2D eigenvalue weighted by atomic mass is 16.5. The topological polar surface area (TPSA) is 53.6 Å². The summed E-state index contributed by atoms with van der Waals surface area (Å²) in [4.78, 5) is 14.7. The second-order valence-electron chi connectivity index (χ2n) is 8.10. The number of para-hydroxylation sites is 2. The molecule has 0 spiro atoms. The van der Waals surface area contributed by atoms with Gasteiger partial charge in [-0.25, -0.2) is 0 Å². The van der Waals surface area contributed by atoms with Crippen molar-refractivity contribution in [2.75, 3.05) is 35.2 Å². The summed E-state index contributed by atoms with van der Waals surface area (Å²) in [5.41, 5.74) is 2.99. The van der Waals surface area contributed by atoms with Crippen LogP contribution in [0.1, 0.15) is 40.0 Å². The number of benzene rings is 2.